The molecule has 7 nitrogen and oxygen atoms in total. The van der Waals surface area contributed by atoms with E-state index in [2.05, 4.69) is 19.8 Å². The van der Waals surface area contributed by atoms with Gasteiger partial charge in [0.1, 0.15) is 10.0 Å². The first-order chi connectivity index (χ1) is 8.99. The molecule has 0 saturated carbocycles. The highest BCUT2D eigenvalue weighted by atomic mass is 35.5. The van der Waals surface area contributed by atoms with Crippen molar-refractivity contribution < 1.29 is 12.9 Å². The minimum Gasteiger partial charge on any atom is -0.340 e. The van der Waals surface area contributed by atoms with Crippen LogP contribution in [0.3, 0.4) is 0 Å². The number of sulfonamides is 1. The first-order valence-corrected chi connectivity index (χ1v) is 7.24. The summed E-state index contributed by atoms with van der Waals surface area (Å²) in [6.07, 6.45) is 1.75. The Hall–Kier alpha value is -1.51. The second kappa shape index (κ2) is 5.64. The molecule has 0 aliphatic carbocycles. The molecule has 0 spiro atoms. The number of aryl methyl sites for hydroxylation is 1. The summed E-state index contributed by atoms with van der Waals surface area (Å²) in [6.45, 7) is 1.81. The lowest BCUT2D eigenvalue weighted by Crippen LogP contribution is -2.26. The van der Waals surface area contributed by atoms with E-state index in [1.165, 1.54) is 18.3 Å². The van der Waals surface area contributed by atoms with Crippen LogP contribution in [0.1, 0.15) is 11.7 Å². The summed E-state index contributed by atoms with van der Waals surface area (Å²) in [4.78, 5) is 7.64. The van der Waals surface area contributed by atoms with Crippen molar-refractivity contribution in [1.29, 1.82) is 0 Å². The molecule has 9 heteroatoms. The van der Waals surface area contributed by atoms with Crippen LogP contribution in [0.2, 0.25) is 5.15 Å². The lowest BCUT2D eigenvalue weighted by molar-refractivity contribution is 0.387. The Morgan fingerprint density at radius 1 is 1.47 bits per heavy atom. The van der Waals surface area contributed by atoms with Gasteiger partial charge in [0.25, 0.3) is 0 Å². The maximum absolute atomic E-state index is 11.9. The normalized spacial score (nSPS) is 11.7. The zero-order chi connectivity index (χ0) is 13.9. The van der Waals surface area contributed by atoms with Gasteiger partial charge in [-0.25, -0.2) is 18.1 Å². The summed E-state index contributed by atoms with van der Waals surface area (Å²) in [5.41, 5.74) is 0. The third-order valence-electron chi connectivity index (χ3n) is 2.22. The average Bonchev–Trinajstić information content (AvgIpc) is 2.75. The second-order valence-corrected chi connectivity index (χ2v) is 5.76. The number of halogens is 1. The van der Waals surface area contributed by atoms with Crippen molar-refractivity contribution in [2.24, 2.45) is 0 Å². The zero-order valence-electron chi connectivity index (χ0n) is 10.00. The lowest BCUT2D eigenvalue weighted by Gasteiger charge is -2.06. The monoisotopic (exact) mass is 302 g/mol. The van der Waals surface area contributed by atoms with E-state index in [0.717, 1.165) is 0 Å². The van der Waals surface area contributed by atoms with Gasteiger partial charge in [0.2, 0.25) is 15.9 Å². The first kappa shape index (κ1) is 13.9. The van der Waals surface area contributed by atoms with Gasteiger partial charge < -0.3 is 4.52 Å². The van der Waals surface area contributed by atoms with Gasteiger partial charge in [-0.15, -0.1) is 0 Å². The van der Waals surface area contributed by atoms with Crippen LogP contribution >= 0.6 is 11.6 Å². The van der Waals surface area contributed by atoms with E-state index in [1.807, 2.05) is 0 Å². The maximum Gasteiger partial charge on any atom is 0.243 e. The summed E-state index contributed by atoms with van der Waals surface area (Å²) in [5.74, 6) is 0.880. The number of nitrogens with one attached hydrogen (secondary N) is 1. The van der Waals surface area contributed by atoms with Gasteiger partial charge in [-0.2, -0.15) is 4.98 Å². The SMILES string of the molecule is Cc1nc(CCNS(=O)(=O)c2cccnc2Cl)no1. The molecule has 1 N–H and O–H groups in total. The molecule has 19 heavy (non-hydrogen) atoms. The van der Waals surface area contributed by atoms with Gasteiger partial charge >= 0.3 is 0 Å². The lowest BCUT2D eigenvalue weighted by atomic mass is 10.4. The Labute approximate surface area is 115 Å². The van der Waals surface area contributed by atoms with E-state index in [-0.39, 0.29) is 16.6 Å². The van der Waals surface area contributed by atoms with Crippen molar-refractivity contribution in [2.45, 2.75) is 18.2 Å². The van der Waals surface area contributed by atoms with E-state index >= 15 is 0 Å². The zero-order valence-corrected chi connectivity index (χ0v) is 11.6. The second-order valence-electron chi connectivity index (χ2n) is 3.67. The molecule has 0 aromatic carbocycles. The molecule has 102 valence electrons. The molecule has 0 bridgehead atoms. The van der Waals surface area contributed by atoms with Crippen molar-refractivity contribution in [3.63, 3.8) is 0 Å². The van der Waals surface area contributed by atoms with Crippen LogP contribution in [0.4, 0.5) is 0 Å². The number of aromatic nitrogens is 3. The topological polar surface area (TPSA) is 98.0 Å². The van der Waals surface area contributed by atoms with E-state index in [4.69, 9.17) is 16.1 Å². The predicted molar refractivity (Wildman–Crippen MR) is 67.2 cm³/mol. The van der Waals surface area contributed by atoms with Crippen molar-refractivity contribution in [3.05, 3.63) is 35.2 Å². The Morgan fingerprint density at radius 2 is 2.26 bits per heavy atom. The highest BCUT2D eigenvalue weighted by Gasteiger charge is 2.18. The van der Waals surface area contributed by atoms with Crippen LogP contribution in [-0.4, -0.2) is 30.1 Å². The Kier molecular flexibility index (Phi) is 4.13. The van der Waals surface area contributed by atoms with Gasteiger partial charge in [-0.1, -0.05) is 16.8 Å². The largest absolute Gasteiger partial charge is 0.340 e. The Balaban J connectivity index is 2.01. The molecule has 0 amide bonds. The third-order valence-corrected chi connectivity index (χ3v) is 4.13. The fourth-order valence-corrected chi connectivity index (χ4v) is 2.87. The van der Waals surface area contributed by atoms with Crippen molar-refractivity contribution >= 4 is 21.6 Å². The van der Waals surface area contributed by atoms with E-state index in [9.17, 15) is 8.42 Å². The molecule has 0 aliphatic heterocycles. The summed E-state index contributed by atoms with van der Waals surface area (Å²) in [5, 5.41) is 3.60. The number of hydrogen-bond donors (Lipinski definition) is 1. The van der Waals surface area contributed by atoms with Gasteiger partial charge in [0.15, 0.2) is 5.82 Å². The molecule has 2 aromatic rings. The minimum absolute atomic E-state index is 0.0547. The molecule has 2 rings (SSSR count). The number of rotatable bonds is 5. The van der Waals surface area contributed by atoms with Crippen LogP contribution in [-0.2, 0) is 16.4 Å². The fraction of sp³-hybridized carbons (Fsp3) is 0.300. The quantitative estimate of drug-likeness (QED) is 0.826. The summed E-state index contributed by atoms with van der Waals surface area (Å²) >= 11 is 5.74. The van der Waals surface area contributed by atoms with Crippen molar-refractivity contribution in [1.82, 2.24) is 19.8 Å². The van der Waals surface area contributed by atoms with Crippen LogP contribution in [0.5, 0.6) is 0 Å². The molecule has 2 aromatic heterocycles. The van der Waals surface area contributed by atoms with E-state index in [0.29, 0.717) is 18.1 Å². The van der Waals surface area contributed by atoms with Gasteiger partial charge in [-0.05, 0) is 12.1 Å². The van der Waals surface area contributed by atoms with Crippen molar-refractivity contribution in [2.75, 3.05) is 6.54 Å². The number of nitrogens with zero attached hydrogens (tertiary/aromatic N) is 3. The molecule has 0 fully saturated rings. The predicted octanol–water partition coefficient (Wildman–Crippen LogP) is 0.947. The standard InChI is InChI=1S/C10H11ClN4O3S/c1-7-14-9(15-18-7)4-6-13-19(16,17)8-3-2-5-12-10(8)11/h2-3,5,13H,4,6H2,1H3. The molecule has 0 atom stereocenters. The van der Waals surface area contributed by atoms with Crippen LogP contribution in [0, 0.1) is 6.92 Å². The van der Waals surface area contributed by atoms with Crippen LogP contribution in [0.25, 0.3) is 0 Å². The smallest absolute Gasteiger partial charge is 0.243 e. The van der Waals surface area contributed by atoms with Gasteiger partial charge in [0.05, 0.1) is 0 Å². The molecular weight excluding hydrogens is 292 g/mol. The Morgan fingerprint density at radius 3 is 2.89 bits per heavy atom. The summed E-state index contributed by atoms with van der Waals surface area (Å²) in [6, 6.07) is 2.89. The molecular formula is C10H11ClN4O3S. The van der Waals surface area contributed by atoms with Crippen molar-refractivity contribution in [3.8, 4) is 0 Å². The molecule has 2 heterocycles. The minimum atomic E-state index is -3.68. The number of pyridine rings is 1. The summed E-state index contributed by atoms with van der Waals surface area (Å²) < 4.78 is 31.1. The average molecular weight is 303 g/mol. The van der Waals surface area contributed by atoms with Gasteiger partial charge in [0, 0.05) is 26.1 Å². The van der Waals surface area contributed by atoms with E-state index in [1.54, 1.807) is 6.92 Å². The van der Waals surface area contributed by atoms with Crippen LogP contribution in [0.15, 0.2) is 27.7 Å². The fourth-order valence-electron chi connectivity index (χ4n) is 1.39. The molecule has 0 radical (unpaired) electrons. The summed E-state index contributed by atoms with van der Waals surface area (Å²) in [7, 11) is -3.68. The van der Waals surface area contributed by atoms with Crippen LogP contribution < -0.4 is 4.72 Å². The first-order valence-electron chi connectivity index (χ1n) is 5.38. The molecule has 0 saturated heterocycles. The highest BCUT2D eigenvalue weighted by Crippen LogP contribution is 2.17. The molecule has 0 aliphatic rings. The maximum atomic E-state index is 11.9. The van der Waals surface area contributed by atoms with Gasteiger partial charge in [-0.3, -0.25) is 0 Å². The number of hydrogen-bond acceptors (Lipinski definition) is 6. The molecule has 0 unspecified atom stereocenters. The Bertz CT molecular complexity index is 671. The third kappa shape index (κ3) is 3.49. The highest BCUT2D eigenvalue weighted by molar-refractivity contribution is 7.89. The van der Waals surface area contributed by atoms with E-state index < -0.39 is 10.0 Å².